The van der Waals surface area contributed by atoms with E-state index < -0.39 is 39.1 Å². The average Bonchev–Trinajstić information content (AvgIpc) is 3.73. The molecular weight excluding hydrogens is 586 g/mol. The first kappa shape index (κ1) is 32.6. The number of nitriles is 1. The van der Waals surface area contributed by atoms with Gasteiger partial charge in [-0.15, -0.1) is 0 Å². The number of hydrogen-bond donors (Lipinski definition) is 1. The summed E-state index contributed by atoms with van der Waals surface area (Å²) < 4.78 is 85.3. The molecule has 0 atom stereocenters. The highest BCUT2D eigenvalue weighted by Crippen LogP contribution is 2.45. The number of hydrogen-bond acceptors (Lipinski definition) is 6. The third-order valence-corrected chi connectivity index (χ3v) is 7.59. The molecule has 1 saturated heterocycles. The molecular formula is C28H32ClF4N3O4S. The summed E-state index contributed by atoms with van der Waals surface area (Å²) >= 11 is 5.91. The Hall–Kier alpha value is -2.88. The fourth-order valence-electron chi connectivity index (χ4n) is 4.71. The molecule has 1 aliphatic carbocycles. The SMILES string of the molecule is CC.CS(=O)(=O)NC(=O)c1cc(C2CC2)c(OCC2CCN(Cc3cc(Cl)cc(C(F)(F)F)c3C#N)CC2)cc1F. The van der Waals surface area contributed by atoms with Gasteiger partial charge in [-0.25, -0.2) is 17.5 Å². The molecule has 7 nitrogen and oxygen atoms in total. The highest BCUT2D eigenvalue weighted by Gasteiger charge is 2.36. The smallest absolute Gasteiger partial charge is 0.417 e. The van der Waals surface area contributed by atoms with Gasteiger partial charge < -0.3 is 4.74 Å². The Kier molecular flexibility index (Phi) is 10.7. The number of nitrogens with zero attached hydrogens (tertiary/aromatic N) is 2. The van der Waals surface area contributed by atoms with Gasteiger partial charge in [0.15, 0.2) is 0 Å². The predicted molar refractivity (Wildman–Crippen MR) is 147 cm³/mol. The highest BCUT2D eigenvalue weighted by molar-refractivity contribution is 7.89. The number of sulfonamides is 1. The summed E-state index contributed by atoms with van der Waals surface area (Å²) in [5, 5.41) is 9.30. The molecule has 4 rings (SSSR count). The molecule has 224 valence electrons. The molecule has 2 aliphatic rings. The molecule has 1 N–H and O–H groups in total. The van der Waals surface area contributed by atoms with E-state index in [4.69, 9.17) is 16.3 Å². The normalized spacial score (nSPS) is 16.4. The Labute approximate surface area is 242 Å². The average molecular weight is 618 g/mol. The van der Waals surface area contributed by atoms with Gasteiger partial charge in [0.1, 0.15) is 17.6 Å². The van der Waals surface area contributed by atoms with Gasteiger partial charge in [0, 0.05) is 17.6 Å². The molecule has 0 bridgehead atoms. The number of nitrogens with one attached hydrogen (secondary N) is 1. The zero-order chi connectivity index (χ0) is 30.5. The second kappa shape index (κ2) is 13.4. The maximum Gasteiger partial charge on any atom is 0.417 e. The number of alkyl halides is 3. The Bertz CT molecular complexity index is 1410. The van der Waals surface area contributed by atoms with Gasteiger partial charge in [-0.2, -0.15) is 18.4 Å². The lowest BCUT2D eigenvalue weighted by Crippen LogP contribution is -2.35. The van der Waals surface area contributed by atoms with Crippen LogP contribution >= 0.6 is 11.6 Å². The predicted octanol–water partition coefficient (Wildman–Crippen LogP) is 6.25. The number of rotatable bonds is 8. The van der Waals surface area contributed by atoms with Gasteiger partial charge in [-0.3, -0.25) is 9.69 Å². The minimum Gasteiger partial charge on any atom is -0.493 e. The number of ether oxygens (including phenoxy) is 1. The monoisotopic (exact) mass is 617 g/mol. The summed E-state index contributed by atoms with van der Waals surface area (Å²) in [5.41, 5.74) is -0.973. The molecule has 2 fully saturated rings. The molecule has 1 aliphatic heterocycles. The fraction of sp³-hybridized carbons (Fsp3) is 0.500. The lowest BCUT2D eigenvalue weighted by Gasteiger charge is -2.32. The largest absolute Gasteiger partial charge is 0.493 e. The zero-order valence-electron chi connectivity index (χ0n) is 22.9. The molecule has 13 heteroatoms. The lowest BCUT2D eigenvalue weighted by atomic mass is 9.96. The van der Waals surface area contributed by atoms with E-state index in [1.807, 2.05) is 18.7 Å². The third kappa shape index (κ3) is 8.80. The van der Waals surface area contributed by atoms with Crippen molar-refractivity contribution in [2.45, 2.75) is 58.2 Å². The number of halogens is 5. The second-order valence-corrected chi connectivity index (χ2v) is 12.2. The molecule has 0 aromatic heterocycles. The van der Waals surface area contributed by atoms with E-state index in [0.29, 0.717) is 37.2 Å². The first-order valence-electron chi connectivity index (χ1n) is 13.3. The first-order valence-corrected chi connectivity index (χ1v) is 15.5. The van der Waals surface area contributed by atoms with Gasteiger partial charge in [0.25, 0.3) is 5.91 Å². The van der Waals surface area contributed by atoms with E-state index in [-0.39, 0.29) is 41.1 Å². The van der Waals surface area contributed by atoms with Crippen molar-refractivity contribution in [1.29, 1.82) is 5.26 Å². The van der Waals surface area contributed by atoms with E-state index in [1.165, 1.54) is 12.1 Å². The molecule has 1 saturated carbocycles. The van der Waals surface area contributed by atoms with E-state index >= 15 is 0 Å². The van der Waals surface area contributed by atoms with Gasteiger partial charge in [-0.05, 0) is 79.9 Å². The summed E-state index contributed by atoms with van der Waals surface area (Å²) in [6.45, 7) is 5.54. The lowest BCUT2D eigenvalue weighted by molar-refractivity contribution is -0.137. The van der Waals surface area contributed by atoms with Crippen LogP contribution in [-0.4, -0.2) is 45.2 Å². The van der Waals surface area contributed by atoms with Crippen LogP contribution in [0.4, 0.5) is 17.6 Å². The van der Waals surface area contributed by atoms with E-state index in [9.17, 15) is 36.0 Å². The standard InChI is InChI=1S/C26H26ClF4N3O4S.C2H6/c1-39(36,37)33-25(35)20-10-19(16-2-3-16)24(11-23(20)28)38-14-15-4-6-34(7-5-15)13-17-8-18(27)9-22(21(17)12-32)26(29,30)31;1-2/h8-11,15-16H,2-7,13-14H2,1H3,(H,33,35);1-2H3. The topological polar surface area (TPSA) is 99.5 Å². The third-order valence-electron chi connectivity index (χ3n) is 6.82. The number of piperidine rings is 1. The van der Waals surface area contributed by atoms with Crippen molar-refractivity contribution in [1.82, 2.24) is 9.62 Å². The van der Waals surface area contributed by atoms with E-state index in [0.717, 1.165) is 31.2 Å². The maximum atomic E-state index is 14.7. The van der Waals surface area contributed by atoms with Crippen LogP contribution in [0.2, 0.25) is 5.02 Å². The summed E-state index contributed by atoms with van der Waals surface area (Å²) in [5.74, 6) is -1.42. The number of amides is 1. The first-order chi connectivity index (χ1) is 19.2. The van der Waals surface area contributed by atoms with Crippen molar-refractivity contribution in [2.24, 2.45) is 5.92 Å². The van der Waals surface area contributed by atoms with E-state index in [1.54, 1.807) is 10.8 Å². The van der Waals surface area contributed by atoms with Crippen LogP contribution in [0.5, 0.6) is 5.75 Å². The van der Waals surface area contributed by atoms with Crippen molar-refractivity contribution in [3.63, 3.8) is 0 Å². The van der Waals surface area contributed by atoms with Gasteiger partial charge in [0.05, 0.1) is 29.6 Å². The van der Waals surface area contributed by atoms with Crippen molar-refractivity contribution in [3.8, 4) is 11.8 Å². The second-order valence-electron chi connectivity index (χ2n) is 9.98. The Morgan fingerprint density at radius 1 is 1.15 bits per heavy atom. The molecule has 0 spiro atoms. The van der Waals surface area contributed by atoms with Crippen LogP contribution in [0.25, 0.3) is 0 Å². The molecule has 0 radical (unpaired) electrons. The number of carbonyl (C=O) groups is 1. The summed E-state index contributed by atoms with van der Waals surface area (Å²) in [6, 6.07) is 6.28. The number of benzene rings is 2. The Balaban J connectivity index is 0.00000226. The van der Waals surface area contributed by atoms with Crippen molar-refractivity contribution in [3.05, 3.63) is 62.9 Å². The summed E-state index contributed by atoms with van der Waals surface area (Å²) in [4.78, 5) is 14.2. The van der Waals surface area contributed by atoms with Gasteiger partial charge in [0.2, 0.25) is 10.0 Å². The van der Waals surface area contributed by atoms with E-state index in [2.05, 4.69) is 0 Å². The maximum absolute atomic E-state index is 14.7. The molecule has 1 amide bonds. The highest BCUT2D eigenvalue weighted by atomic mass is 35.5. The van der Waals surface area contributed by atoms with Gasteiger partial charge in [-0.1, -0.05) is 25.4 Å². The van der Waals surface area contributed by atoms with Crippen molar-refractivity contribution < 1.29 is 35.5 Å². The molecule has 41 heavy (non-hydrogen) atoms. The quantitative estimate of drug-likeness (QED) is 0.351. The summed E-state index contributed by atoms with van der Waals surface area (Å²) in [7, 11) is -3.85. The van der Waals surface area contributed by atoms with Crippen LogP contribution in [0, 0.1) is 23.1 Å². The Morgan fingerprint density at radius 2 is 1.78 bits per heavy atom. The van der Waals surface area contributed by atoms with Gasteiger partial charge >= 0.3 is 6.18 Å². The molecule has 1 heterocycles. The fourth-order valence-corrected chi connectivity index (χ4v) is 5.40. The van der Waals surface area contributed by atoms with Crippen LogP contribution < -0.4 is 9.46 Å². The van der Waals surface area contributed by atoms with Crippen LogP contribution in [0.3, 0.4) is 0 Å². The van der Waals surface area contributed by atoms with Crippen molar-refractivity contribution >= 4 is 27.5 Å². The number of likely N-dealkylation sites (tertiary alicyclic amines) is 1. The van der Waals surface area contributed by atoms with Crippen LogP contribution in [0.1, 0.15) is 78.1 Å². The van der Waals surface area contributed by atoms with Crippen LogP contribution in [0.15, 0.2) is 24.3 Å². The van der Waals surface area contributed by atoms with Crippen LogP contribution in [-0.2, 0) is 22.7 Å². The zero-order valence-corrected chi connectivity index (χ0v) is 24.5. The molecule has 2 aromatic rings. The minimum absolute atomic E-state index is 0.0851. The molecule has 2 aromatic carbocycles. The minimum atomic E-state index is -4.69. The van der Waals surface area contributed by atoms with Crippen molar-refractivity contribution in [2.75, 3.05) is 26.0 Å². The molecule has 0 unspecified atom stereocenters. The summed E-state index contributed by atoms with van der Waals surface area (Å²) in [6.07, 6.45) is -0.848. The Morgan fingerprint density at radius 3 is 2.32 bits per heavy atom. The number of carbonyl (C=O) groups excluding carboxylic acids is 1.